The minimum atomic E-state index is 0.0397. The Hall–Kier alpha value is -2.96. The van der Waals surface area contributed by atoms with Gasteiger partial charge in [0.2, 0.25) is 0 Å². The number of hydrogen-bond donors (Lipinski definition) is 1. The number of para-hydroxylation sites is 1. The van der Waals surface area contributed by atoms with Crippen LogP contribution in [0.5, 0.6) is 0 Å². The number of likely N-dealkylation sites (tertiary alicyclic amines) is 1. The van der Waals surface area contributed by atoms with E-state index in [1.807, 2.05) is 34.9 Å². The first-order valence-electron chi connectivity index (χ1n) is 10.6. The average molecular weight is 402 g/mol. The van der Waals surface area contributed by atoms with Gasteiger partial charge in [0.15, 0.2) is 0 Å². The van der Waals surface area contributed by atoms with Gasteiger partial charge in [0, 0.05) is 36.8 Å². The lowest BCUT2D eigenvalue weighted by molar-refractivity contribution is 0.190. The molecule has 1 aliphatic rings. The zero-order chi connectivity index (χ0) is 20.3. The number of hydrogen-bond acceptors (Lipinski definition) is 5. The molecule has 1 fully saturated rings. The van der Waals surface area contributed by atoms with Crippen LogP contribution in [0.25, 0.3) is 22.0 Å². The van der Waals surface area contributed by atoms with Crippen LogP contribution in [0.2, 0.25) is 0 Å². The van der Waals surface area contributed by atoms with Crippen LogP contribution in [-0.4, -0.2) is 40.1 Å². The second kappa shape index (κ2) is 8.42. The molecule has 4 heterocycles. The summed E-state index contributed by atoms with van der Waals surface area (Å²) < 4.78 is 7.75. The monoisotopic (exact) mass is 402 g/mol. The van der Waals surface area contributed by atoms with Crippen LogP contribution in [0.15, 0.2) is 70.0 Å². The first-order chi connectivity index (χ1) is 14.8. The molecule has 0 atom stereocenters. The van der Waals surface area contributed by atoms with Crippen LogP contribution in [0.1, 0.15) is 18.6 Å². The molecule has 4 aromatic rings. The molecule has 3 aromatic heterocycles. The molecule has 1 saturated heterocycles. The molecule has 0 amide bonds. The molecule has 0 bridgehead atoms. The summed E-state index contributed by atoms with van der Waals surface area (Å²) in [5.74, 6) is 0.988. The van der Waals surface area contributed by atoms with Gasteiger partial charge in [-0.1, -0.05) is 18.2 Å². The van der Waals surface area contributed by atoms with E-state index < -0.39 is 0 Å². The summed E-state index contributed by atoms with van der Waals surface area (Å²) in [5.41, 5.74) is 2.76. The molecule has 0 radical (unpaired) electrons. The van der Waals surface area contributed by atoms with E-state index >= 15 is 0 Å². The smallest absolute Gasteiger partial charge is 0.251 e. The third kappa shape index (κ3) is 4.01. The lowest BCUT2D eigenvalue weighted by Crippen LogP contribution is -2.43. The Morgan fingerprint density at radius 2 is 1.90 bits per heavy atom. The van der Waals surface area contributed by atoms with Gasteiger partial charge in [-0.05, 0) is 56.3 Å². The predicted octanol–water partition coefficient (Wildman–Crippen LogP) is 3.40. The van der Waals surface area contributed by atoms with Crippen molar-refractivity contribution in [2.24, 2.45) is 0 Å². The zero-order valence-electron chi connectivity index (χ0n) is 17.0. The van der Waals surface area contributed by atoms with Crippen molar-refractivity contribution in [1.82, 2.24) is 19.8 Å². The van der Waals surface area contributed by atoms with Crippen molar-refractivity contribution < 1.29 is 4.42 Å². The van der Waals surface area contributed by atoms with E-state index in [1.54, 1.807) is 18.3 Å². The summed E-state index contributed by atoms with van der Waals surface area (Å²) in [6, 6.07) is 18.0. The maximum absolute atomic E-state index is 12.3. The van der Waals surface area contributed by atoms with Crippen molar-refractivity contribution in [3.8, 4) is 0 Å². The third-order valence-corrected chi connectivity index (χ3v) is 6.03. The molecule has 1 aliphatic heterocycles. The van der Waals surface area contributed by atoms with E-state index in [0.29, 0.717) is 12.6 Å². The molecule has 0 aliphatic carbocycles. The van der Waals surface area contributed by atoms with Crippen LogP contribution in [0.4, 0.5) is 0 Å². The third-order valence-electron chi connectivity index (χ3n) is 6.03. The van der Waals surface area contributed by atoms with E-state index in [2.05, 4.69) is 27.3 Å². The van der Waals surface area contributed by atoms with Gasteiger partial charge in [-0.15, -0.1) is 0 Å². The van der Waals surface area contributed by atoms with E-state index in [4.69, 9.17) is 4.42 Å². The number of rotatable bonds is 6. The van der Waals surface area contributed by atoms with Crippen LogP contribution in [0, 0.1) is 0 Å². The Morgan fingerprint density at radius 3 is 2.77 bits per heavy atom. The number of aromatic nitrogens is 2. The van der Waals surface area contributed by atoms with Crippen molar-refractivity contribution in [2.45, 2.75) is 32.0 Å². The molecular formula is C24H26N4O2. The molecule has 5 rings (SSSR count). The van der Waals surface area contributed by atoms with Gasteiger partial charge >= 0.3 is 0 Å². The van der Waals surface area contributed by atoms with Crippen molar-refractivity contribution in [3.63, 3.8) is 0 Å². The maximum atomic E-state index is 12.3. The largest absolute Gasteiger partial charge is 0.460 e. The second-order valence-electron chi connectivity index (χ2n) is 7.98. The normalized spacial score (nSPS) is 15.9. The Bertz CT molecular complexity index is 1170. The highest BCUT2D eigenvalue weighted by Crippen LogP contribution is 2.19. The number of benzene rings is 1. The standard InChI is InChI=1S/C24H26N4O2/c29-24-8-7-21-22(5-3-11-25-21)28(24)15-14-27-12-9-19(10-13-27)26-17-20-16-18-4-1-2-6-23(18)30-20/h1-8,11,16,19,26H,9-10,12-15,17H2. The van der Waals surface area contributed by atoms with Crippen molar-refractivity contribution in [2.75, 3.05) is 19.6 Å². The molecule has 6 nitrogen and oxygen atoms in total. The predicted molar refractivity (Wildman–Crippen MR) is 119 cm³/mol. The zero-order valence-corrected chi connectivity index (χ0v) is 17.0. The fourth-order valence-corrected chi connectivity index (χ4v) is 4.33. The molecule has 1 aromatic carbocycles. The van der Waals surface area contributed by atoms with Gasteiger partial charge in [0.25, 0.3) is 5.56 Å². The lowest BCUT2D eigenvalue weighted by atomic mass is 10.0. The summed E-state index contributed by atoms with van der Waals surface area (Å²) in [7, 11) is 0. The SMILES string of the molecule is O=c1ccc2ncccc2n1CCN1CCC(NCc2cc3ccccc3o2)CC1. The summed E-state index contributed by atoms with van der Waals surface area (Å²) >= 11 is 0. The fourth-order valence-electron chi connectivity index (χ4n) is 4.33. The molecule has 0 saturated carbocycles. The van der Waals surface area contributed by atoms with Crippen molar-refractivity contribution in [1.29, 1.82) is 0 Å². The Balaban J connectivity index is 1.13. The Morgan fingerprint density at radius 1 is 1.03 bits per heavy atom. The number of pyridine rings is 2. The van der Waals surface area contributed by atoms with Gasteiger partial charge in [0.1, 0.15) is 11.3 Å². The Labute approximate surface area is 175 Å². The number of nitrogens with zero attached hydrogens (tertiary/aromatic N) is 3. The highest BCUT2D eigenvalue weighted by Gasteiger charge is 2.19. The van der Waals surface area contributed by atoms with Gasteiger partial charge in [0.05, 0.1) is 17.6 Å². The summed E-state index contributed by atoms with van der Waals surface area (Å²) in [6.07, 6.45) is 3.97. The van der Waals surface area contributed by atoms with Gasteiger partial charge in [-0.2, -0.15) is 0 Å². The van der Waals surface area contributed by atoms with Crippen molar-refractivity contribution in [3.05, 3.63) is 76.9 Å². The quantitative estimate of drug-likeness (QED) is 0.536. The first kappa shape index (κ1) is 19.0. The number of piperidine rings is 1. The van der Waals surface area contributed by atoms with Crippen LogP contribution in [0.3, 0.4) is 0 Å². The molecule has 1 N–H and O–H groups in total. The molecular weight excluding hydrogens is 376 g/mol. The molecule has 30 heavy (non-hydrogen) atoms. The molecule has 154 valence electrons. The minimum Gasteiger partial charge on any atom is -0.460 e. The summed E-state index contributed by atoms with van der Waals surface area (Å²) in [4.78, 5) is 19.1. The number of fused-ring (bicyclic) bond motifs is 2. The molecule has 0 unspecified atom stereocenters. The van der Waals surface area contributed by atoms with Crippen molar-refractivity contribution >= 4 is 22.0 Å². The minimum absolute atomic E-state index is 0.0397. The first-order valence-corrected chi connectivity index (χ1v) is 10.6. The van der Waals surface area contributed by atoms with E-state index in [1.165, 1.54) is 0 Å². The highest BCUT2D eigenvalue weighted by molar-refractivity contribution is 5.77. The topological polar surface area (TPSA) is 63.3 Å². The van der Waals surface area contributed by atoms with Crippen LogP contribution >= 0.6 is 0 Å². The van der Waals surface area contributed by atoms with Gasteiger partial charge in [-0.3, -0.25) is 9.78 Å². The maximum Gasteiger partial charge on any atom is 0.251 e. The average Bonchev–Trinajstić information content (AvgIpc) is 3.21. The summed E-state index contributed by atoms with van der Waals surface area (Å²) in [6.45, 7) is 4.41. The Kier molecular flexibility index (Phi) is 5.34. The number of nitrogens with one attached hydrogen (secondary N) is 1. The fraction of sp³-hybridized carbons (Fsp3) is 0.333. The van der Waals surface area contributed by atoms with Gasteiger partial charge < -0.3 is 19.2 Å². The second-order valence-corrected chi connectivity index (χ2v) is 7.98. The molecule has 6 heteroatoms. The highest BCUT2D eigenvalue weighted by atomic mass is 16.3. The van der Waals surface area contributed by atoms with E-state index in [0.717, 1.165) is 66.8 Å². The molecule has 0 spiro atoms. The van der Waals surface area contributed by atoms with Crippen LogP contribution in [-0.2, 0) is 13.1 Å². The van der Waals surface area contributed by atoms with E-state index in [-0.39, 0.29) is 5.56 Å². The van der Waals surface area contributed by atoms with Crippen LogP contribution < -0.4 is 10.9 Å². The summed E-state index contributed by atoms with van der Waals surface area (Å²) in [5, 5.41) is 4.80. The van der Waals surface area contributed by atoms with E-state index in [9.17, 15) is 4.79 Å². The lowest BCUT2D eigenvalue weighted by Gasteiger charge is -2.32. The number of furan rings is 1. The van der Waals surface area contributed by atoms with Gasteiger partial charge in [-0.25, -0.2) is 0 Å².